The highest BCUT2D eigenvalue weighted by Crippen LogP contribution is 2.13. The van der Waals surface area contributed by atoms with Gasteiger partial charge in [-0.1, -0.05) is 18.2 Å². The van der Waals surface area contributed by atoms with Crippen LogP contribution in [0.3, 0.4) is 0 Å². The number of rotatable bonds is 6. The van der Waals surface area contributed by atoms with Gasteiger partial charge in [-0.25, -0.2) is 4.79 Å². The maximum Gasteiger partial charge on any atom is 0.328 e. The van der Waals surface area contributed by atoms with Crippen molar-refractivity contribution >= 4 is 11.6 Å². The zero-order valence-electron chi connectivity index (χ0n) is 13.2. The fourth-order valence-electron chi connectivity index (χ4n) is 2.10. The fraction of sp³-hybridized carbons (Fsp3) is 0.312. The maximum atomic E-state index is 11.9. The van der Waals surface area contributed by atoms with Crippen molar-refractivity contribution in [2.45, 2.75) is 19.5 Å². The molecule has 2 N–H and O–H groups in total. The number of likely N-dealkylation sites (N-methyl/N-ethyl adjacent to an activating group) is 1. The van der Waals surface area contributed by atoms with Gasteiger partial charge in [-0.2, -0.15) is 0 Å². The molecule has 0 fully saturated rings. The van der Waals surface area contributed by atoms with Crippen LogP contribution in [0.5, 0.6) is 0 Å². The van der Waals surface area contributed by atoms with Gasteiger partial charge in [0.2, 0.25) is 5.91 Å². The number of hydrogen-bond acceptors (Lipinski definition) is 4. The van der Waals surface area contributed by atoms with Crippen molar-refractivity contribution in [3.8, 4) is 0 Å². The first kappa shape index (κ1) is 16.5. The van der Waals surface area contributed by atoms with Crippen molar-refractivity contribution in [1.29, 1.82) is 0 Å². The van der Waals surface area contributed by atoms with Gasteiger partial charge in [0.25, 0.3) is 5.56 Å². The lowest BCUT2D eigenvalue weighted by Gasteiger charge is -2.27. The molecule has 1 atom stereocenters. The molecule has 122 valence electrons. The predicted octanol–water partition coefficient (Wildman–Crippen LogP) is 0.178. The standard InChI is InChI=1S/C16H20N4O3/c1-12(19(2)13-6-4-3-5-7-13)10-17-15(22)11-20-9-8-14(21)18-16(20)23/h3-9,12H,10-11H2,1-2H3,(H,17,22)(H,18,21,23)/t12-/m0/s1. The number of hydrogen-bond donors (Lipinski definition) is 2. The predicted molar refractivity (Wildman–Crippen MR) is 88.6 cm³/mol. The van der Waals surface area contributed by atoms with Crippen LogP contribution in [-0.4, -0.2) is 35.1 Å². The molecule has 1 aromatic heterocycles. The molecule has 1 amide bonds. The number of nitrogens with zero attached hydrogens (tertiary/aromatic N) is 2. The summed E-state index contributed by atoms with van der Waals surface area (Å²) in [7, 11) is 1.96. The Morgan fingerprint density at radius 3 is 2.61 bits per heavy atom. The number of carbonyl (C=O) groups is 1. The molecule has 2 rings (SSSR count). The molecule has 0 spiro atoms. The van der Waals surface area contributed by atoms with E-state index < -0.39 is 11.2 Å². The Bertz CT molecular complexity index is 767. The summed E-state index contributed by atoms with van der Waals surface area (Å²) in [6.07, 6.45) is 1.31. The van der Waals surface area contributed by atoms with Crippen molar-refractivity contribution in [3.63, 3.8) is 0 Å². The molecular weight excluding hydrogens is 296 g/mol. The summed E-state index contributed by atoms with van der Waals surface area (Å²) in [6, 6.07) is 11.2. The molecule has 7 heteroatoms. The first-order valence-corrected chi connectivity index (χ1v) is 7.31. The highest BCUT2D eigenvalue weighted by Gasteiger charge is 2.11. The van der Waals surface area contributed by atoms with E-state index in [0.29, 0.717) is 6.54 Å². The molecule has 0 aliphatic carbocycles. The van der Waals surface area contributed by atoms with Crippen LogP contribution >= 0.6 is 0 Å². The first-order chi connectivity index (χ1) is 11.0. The fourth-order valence-corrected chi connectivity index (χ4v) is 2.10. The van der Waals surface area contributed by atoms with Gasteiger partial charge in [-0.3, -0.25) is 19.1 Å². The third-order valence-electron chi connectivity index (χ3n) is 3.63. The van der Waals surface area contributed by atoms with Gasteiger partial charge in [-0.05, 0) is 19.1 Å². The quantitative estimate of drug-likeness (QED) is 0.796. The molecule has 1 aromatic carbocycles. The highest BCUT2D eigenvalue weighted by molar-refractivity contribution is 5.75. The minimum Gasteiger partial charge on any atom is -0.370 e. The van der Waals surface area contributed by atoms with Gasteiger partial charge < -0.3 is 10.2 Å². The van der Waals surface area contributed by atoms with E-state index in [4.69, 9.17) is 0 Å². The summed E-state index contributed by atoms with van der Waals surface area (Å²) in [5.74, 6) is -0.285. The molecule has 0 aliphatic heterocycles. The van der Waals surface area contributed by atoms with Crippen molar-refractivity contribution in [2.75, 3.05) is 18.5 Å². The number of carbonyl (C=O) groups excluding carboxylic acids is 1. The van der Waals surface area contributed by atoms with Gasteiger partial charge in [0.15, 0.2) is 0 Å². The summed E-state index contributed by atoms with van der Waals surface area (Å²) in [5, 5.41) is 2.79. The van der Waals surface area contributed by atoms with E-state index in [1.807, 2.05) is 44.3 Å². The van der Waals surface area contributed by atoms with E-state index in [0.717, 1.165) is 10.3 Å². The second-order valence-electron chi connectivity index (χ2n) is 5.34. The lowest BCUT2D eigenvalue weighted by atomic mass is 10.2. The van der Waals surface area contributed by atoms with E-state index in [1.54, 1.807) is 0 Å². The molecule has 0 radical (unpaired) electrons. The van der Waals surface area contributed by atoms with E-state index >= 15 is 0 Å². The topological polar surface area (TPSA) is 87.2 Å². The Morgan fingerprint density at radius 2 is 1.96 bits per heavy atom. The molecule has 0 saturated carbocycles. The Labute approximate surface area is 133 Å². The van der Waals surface area contributed by atoms with Crippen LogP contribution in [0.15, 0.2) is 52.2 Å². The van der Waals surface area contributed by atoms with Gasteiger partial charge in [0.1, 0.15) is 6.54 Å². The Morgan fingerprint density at radius 1 is 1.26 bits per heavy atom. The van der Waals surface area contributed by atoms with Gasteiger partial charge in [0, 0.05) is 37.6 Å². The van der Waals surface area contributed by atoms with Crippen LogP contribution in [-0.2, 0) is 11.3 Å². The molecule has 0 aliphatic rings. The van der Waals surface area contributed by atoms with Crippen LogP contribution in [0.2, 0.25) is 0 Å². The second kappa shape index (κ2) is 7.44. The maximum absolute atomic E-state index is 11.9. The highest BCUT2D eigenvalue weighted by atomic mass is 16.2. The molecule has 0 bridgehead atoms. The number of nitrogens with one attached hydrogen (secondary N) is 2. The minimum absolute atomic E-state index is 0.0913. The normalized spacial score (nSPS) is 11.7. The number of amides is 1. The Kier molecular flexibility index (Phi) is 5.35. The minimum atomic E-state index is -0.595. The summed E-state index contributed by atoms with van der Waals surface area (Å²) < 4.78 is 1.16. The van der Waals surface area contributed by atoms with Crippen molar-refractivity contribution in [1.82, 2.24) is 14.9 Å². The third kappa shape index (κ3) is 4.57. The van der Waals surface area contributed by atoms with Crippen molar-refractivity contribution < 1.29 is 4.79 Å². The van der Waals surface area contributed by atoms with Crippen LogP contribution in [0.25, 0.3) is 0 Å². The lowest BCUT2D eigenvalue weighted by Crippen LogP contribution is -2.42. The number of aromatic nitrogens is 2. The zero-order chi connectivity index (χ0) is 16.8. The summed E-state index contributed by atoms with van der Waals surface area (Å²) in [6.45, 7) is 2.32. The summed E-state index contributed by atoms with van der Waals surface area (Å²) >= 11 is 0. The van der Waals surface area contributed by atoms with E-state index in [2.05, 4.69) is 15.2 Å². The van der Waals surface area contributed by atoms with Crippen LogP contribution in [0, 0.1) is 0 Å². The number of benzene rings is 1. The van der Waals surface area contributed by atoms with Crippen LogP contribution in [0.1, 0.15) is 6.92 Å². The van der Waals surface area contributed by atoms with E-state index in [-0.39, 0.29) is 18.5 Å². The van der Waals surface area contributed by atoms with Crippen molar-refractivity contribution in [3.05, 3.63) is 63.4 Å². The zero-order valence-corrected chi connectivity index (χ0v) is 13.2. The molecule has 1 heterocycles. The average molecular weight is 316 g/mol. The molecule has 0 saturated heterocycles. The SMILES string of the molecule is C[C@@H](CNC(=O)Cn1ccc(=O)[nH]c1=O)N(C)c1ccccc1. The largest absolute Gasteiger partial charge is 0.370 e. The monoisotopic (exact) mass is 316 g/mol. The van der Waals surface area contributed by atoms with Crippen LogP contribution < -0.4 is 21.5 Å². The number of H-pyrrole nitrogens is 1. The molecular formula is C16H20N4O3. The van der Waals surface area contributed by atoms with Crippen molar-refractivity contribution in [2.24, 2.45) is 0 Å². The second-order valence-corrected chi connectivity index (χ2v) is 5.34. The van der Waals surface area contributed by atoms with E-state index in [9.17, 15) is 14.4 Å². The van der Waals surface area contributed by atoms with Gasteiger partial charge in [0.05, 0.1) is 0 Å². The third-order valence-corrected chi connectivity index (χ3v) is 3.63. The molecule has 23 heavy (non-hydrogen) atoms. The van der Waals surface area contributed by atoms with E-state index in [1.165, 1.54) is 12.3 Å². The summed E-state index contributed by atoms with van der Waals surface area (Å²) in [4.78, 5) is 38.6. The smallest absolute Gasteiger partial charge is 0.328 e. The average Bonchev–Trinajstić information content (AvgIpc) is 2.55. The van der Waals surface area contributed by atoms with Gasteiger partial charge in [-0.15, -0.1) is 0 Å². The first-order valence-electron chi connectivity index (χ1n) is 7.31. The Balaban J connectivity index is 1.88. The molecule has 2 aromatic rings. The molecule has 7 nitrogen and oxygen atoms in total. The number of anilines is 1. The molecule has 0 unspecified atom stereocenters. The number of para-hydroxylation sites is 1. The van der Waals surface area contributed by atoms with Crippen LogP contribution in [0.4, 0.5) is 5.69 Å². The van der Waals surface area contributed by atoms with Gasteiger partial charge >= 0.3 is 5.69 Å². The lowest BCUT2D eigenvalue weighted by molar-refractivity contribution is -0.121. The summed E-state index contributed by atoms with van der Waals surface area (Å²) in [5.41, 5.74) is -0.0158. The number of aromatic amines is 1. The Hall–Kier alpha value is -2.83.